The maximum atomic E-state index is 10.8. The normalized spacial score (nSPS) is 16.7. The van der Waals surface area contributed by atoms with Crippen molar-refractivity contribution in [2.75, 3.05) is 38.6 Å². The van der Waals surface area contributed by atoms with Crippen molar-refractivity contribution in [2.24, 2.45) is 5.92 Å². The first-order valence-corrected chi connectivity index (χ1v) is 7.39. The number of nitro benzene ring substituents is 1. The number of rotatable bonds is 6. The quantitative estimate of drug-likeness (QED) is 0.645. The van der Waals surface area contributed by atoms with Crippen molar-refractivity contribution in [3.05, 3.63) is 28.3 Å². The van der Waals surface area contributed by atoms with Gasteiger partial charge in [0, 0.05) is 30.9 Å². The van der Waals surface area contributed by atoms with Gasteiger partial charge in [0.1, 0.15) is 0 Å². The molecule has 0 aromatic heterocycles. The molecule has 1 fully saturated rings. The van der Waals surface area contributed by atoms with Crippen LogP contribution in [0.15, 0.2) is 18.2 Å². The second-order valence-corrected chi connectivity index (χ2v) is 5.59. The van der Waals surface area contributed by atoms with Crippen molar-refractivity contribution in [2.45, 2.75) is 19.8 Å². The number of nitrogens with zero attached hydrogens (tertiary/aromatic N) is 2. The van der Waals surface area contributed by atoms with Crippen LogP contribution in [0.4, 0.5) is 11.4 Å². The predicted molar refractivity (Wildman–Crippen MR) is 83.0 cm³/mol. The molecule has 2 rings (SSSR count). The van der Waals surface area contributed by atoms with Gasteiger partial charge in [0.2, 0.25) is 0 Å². The number of nitro groups is 1. The van der Waals surface area contributed by atoms with Crippen LogP contribution in [0.5, 0.6) is 5.75 Å². The van der Waals surface area contributed by atoms with Crippen molar-refractivity contribution in [3.8, 4) is 5.75 Å². The largest absolute Gasteiger partial charge is 0.490 e. The number of methoxy groups -OCH3 is 1. The summed E-state index contributed by atoms with van der Waals surface area (Å²) in [6.45, 7) is 6.44. The van der Waals surface area contributed by atoms with Gasteiger partial charge in [0.05, 0.1) is 12.0 Å². The fourth-order valence-electron chi connectivity index (χ4n) is 2.58. The maximum absolute atomic E-state index is 10.8. The summed E-state index contributed by atoms with van der Waals surface area (Å²) in [5.41, 5.74) is 0.843. The first-order valence-electron chi connectivity index (χ1n) is 7.39. The van der Waals surface area contributed by atoms with Crippen LogP contribution in [-0.2, 0) is 0 Å². The molecule has 1 aromatic rings. The highest BCUT2D eigenvalue weighted by molar-refractivity contribution is 5.57. The Kier molecular flexibility index (Phi) is 5.38. The molecule has 0 unspecified atom stereocenters. The molecule has 0 bridgehead atoms. The van der Waals surface area contributed by atoms with Gasteiger partial charge < -0.3 is 15.0 Å². The van der Waals surface area contributed by atoms with Gasteiger partial charge >= 0.3 is 5.69 Å². The lowest BCUT2D eigenvalue weighted by Gasteiger charge is -2.30. The fraction of sp³-hybridized carbons (Fsp3) is 0.600. The molecule has 1 saturated heterocycles. The van der Waals surface area contributed by atoms with Crippen LogP contribution in [0, 0.1) is 16.0 Å². The minimum absolute atomic E-state index is 0.00642. The number of likely N-dealkylation sites (tertiary alicyclic amines) is 1. The third-order valence-corrected chi connectivity index (χ3v) is 4.01. The number of benzene rings is 1. The Morgan fingerprint density at radius 2 is 2.14 bits per heavy atom. The molecule has 1 N–H and O–H groups in total. The Hall–Kier alpha value is -1.82. The molecule has 0 aliphatic carbocycles. The predicted octanol–water partition coefficient (Wildman–Crippen LogP) is 2.75. The van der Waals surface area contributed by atoms with Crippen molar-refractivity contribution >= 4 is 11.4 Å². The molecule has 0 spiro atoms. The maximum Gasteiger partial charge on any atom is 0.311 e. The highest BCUT2D eigenvalue weighted by Crippen LogP contribution is 2.29. The van der Waals surface area contributed by atoms with E-state index in [9.17, 15) is 10.1 Å². The monoisotopic (exact) mass is 293 g/mol. The highest BCUT2D eigenvalue weighted by atomic mass is 16.6. The van der Waals surface area contributed by atoms with E-state index in [0.717, 1.165) is 37.8 Å². The average Bonchev–Trinajstić information content (AvgIpc) is 2.49. The zero-order chi connectivity index (χ0) is 15.2. The van der Waals surface area contributed by atoms with Gasteiger partial charge in [-0.2, -0.15) is 0 Å². The molecular formula is C15H23N3O3. The van der Waals surface area contributed by atoms with E-state index < -0.39 is 4.92 Å². The van der Waals surface area contributed by atoms with Crippen LogP contribution >= 0.6 is 0 Å². The molecular weight excluding hydrogens is 270 g/mol. The van der Waals surface area contributed by atoms with Crippen molar-refractivity contribution < 1.29 is 9.66 Å². The Morgan fingerprint density at radius 1 is 1.43 bits per heavy atom. The van der Waals surface area contributed by atoms with Crippen molar-refractivity contribution in [1.29, 1.82) is 0 Å². The number of nitrogens with one attached hydrogen (secondary N) is 1. The molecule has 1 aromatic carbocycles. The lowest BCUT2D eigenvalue weighted by molar-refractivity contribution is -0.385. The summed E-state index contributed by atoms with van der Waals surface area (Å²) in [5, 5.41) is 14.1. The van der Waals surface area contributed by atoms with Gasteiger partial charge in [-0.3, -0.25) is 10.1 Å². The van der Waals surface area contributed by atoms with Crippen molar-refractivity contribution in [3.63, 3.8) is 0 Å². The van der Waals surface area contributed by atoms with Crippen LogP contribution in [-0.4, -0.2) is 43.1 Å². The summed E-state index contributed by atoms with van der Waals surface area (Å²) < 4.78 is 5.06. The molecule has 1 heterocycles. The molecule has 0 saturated carbocycles. The smallest absolute Gasteiger partial charge is 0.311 e. The van der Waals surface area contributed by atoms with Gasteiger partial charge in [-0.1, -0.05) is 6.92 Å². The van der Waals surface area contributed by atoms with E-state index in [-0.39, 0.29) is 11.4 Å². The SMILES string of the molecule is COc1cc(NCCN2CCC(C)CC2)ccc1[N+](=O)[O-]. The molecule has 6 nitrogen and oxygen atoms in total. The first kappa shape index (κ1) is 15.6. The molecule has 1 aliphatic heterocycles. The van der Waals surface area contributed by atoms with Crippen LogP contribution in [0.3, 0.4) is 0 Å². The summed E-state index contributed by atoms with van der Waals surface area (Å²) in [7, 11) is 1.45. The van der Waals surface area contributed by atoms with E-state index in [4.69, 9.17) is 4.74 Å². The molecule has 0 amide bonds. The zero-order valence-corrected chi connectivity index (χ0v) is 12.7. The minimum Gasteiger partial charge on any atom is -0.490 e. The van der Waals surface area contributed by atoms with Gasteiger partial charge in [-0.25, -0.2) is 0 Å². The number of piperidine rings is 1. The van der Waals surface area contributed by atoms with Gasteiger partial charge in [0.25, 0.3) is 0 Å². The second kappa shape index (κ2) is 7.26. The molecule has 1 aliphatic rings. The van der Waals surface area contributed by atoms with Gasteiger partial charge in [0.15, 0.2) is 5.75 Å². The third kappa shape index (κ3) is 4.32. The summed E-state index contributed by atoms with van der Waals surface area (Å²) in [6.07, 6.45) is 2.54. The zero-order valence-electron chi connectivity index (χ0n) is 12.7. The van der Waals surface area contributed by atoms with E-state index >= 15 is 0 Å². The Balaban J connectivity index is 1.84. The topological polar surface area (TPSA) is 67.6 Å². The number of hydrogen-bond donors (Lipinski definition) is 1. The fourth-order valence-corrected chi connectivity index (χ4v) is 2.58. The lowest BCUT2D eigenvalue weighted by atomic mass is 9.99. The number of ether oxygens (including phenoxy) is 1. The summed E-state index contributed by atoms with van der Waals surface area (Å²) in [6, 6.07) is 4.87. The van der Waals surface area contributed by atoms with E-state index in [1.807, 2.05) is 0 Å². The summed E-state index contributed by atoms with van der Waals surface area (Å²) in [5.74, 6) is 1.13. The summed E-state index contributed by atoms with van der Waals surface area (Å²) >= 11 is 0. The van der Waals surface area contributed by atoms with E-state index in [1.54, 1.807) is 12.1 Å². The molecule has 0 atom stereocenters. The van der Waals surface area contributed by atoms with Crippen LogP contribution in [0.25, 0.3) is 0 Å². The Bertz CT molecular complexity index is 485. The highest BCUT2D eigenvalue weighted by Gasteiger charge is 2.16. The number of hydrogen-bond acceptors (Lipinski definition) is 5. The molecule has 0 radical (unpaired) electrons. The molecule has 21 heavy (non-hydrogen) atoms. The van der Waals surface area contributed by atoms with Crippen molar-refractivity contribution in [1.82, 2.24) is 4.90 Å². The third-order valence-electron chi connectivity index (χ3n) is 4.01. The lowest BCUT2D eigenvalue weighted by Crippen LogP contribution is -2.36. The minimum atomic E-state index is -0.433. The molecule has 116 valence electrons. The molecule has 6 heteroatoms. The van der Waals surface area contributed by atoms with Crippen LogP contribution < -0.4 is 10.1 Å². The van der Waals surface area contributed by atoms with E-state index in [1.165, 1.54) is 26.0 Å². The van der Waals surface area contributed by atoms with Gasteiger partial charge in [-0.15, -0.1) is 0 Å². The van der Waals surface area contributed by atoms with Gasteiger partial charge in [-0.05, 0) is 37.9 Å². The first-order chi connectivity index (χ1) is 10.1. The van der Waals surface area contributed by atoms with Crippen LogP contribution in [0.1, 0.15) is 19.8 Å². The average molecular weight is 293 g/mol. The second-order valence-electron chi connectivity index (χ2n) is 5.59. The standard InChI is InChI=1S/C15H23N3O3/c1-12-5-8-17(9-6-12)10-7-16-13-3-4-14(18(19)20)15(11-13)21-2/h3-4,11-12,16H,5-10H2,1-2H3. The van der Waals surface area contributed by atoms with E-state index in [0.29, 0.717) is 0 Å². The Morgan fingerprint density at radius 3 is 2.76 bits per heavy atom. The van der Waals surface area contributed by atoms with Crippen LogP contribution in [0.2, 0.25) is 0 Å². The number of anilines is 1. The summed E-state index contributed by atoms with van der Waals surface area (Å²) in [4.78, 5) is 12.9. The van der Waals surface area contributed by atoms with E-state index in [2.05, 4.69) is 17.1 Å². The Labute approximate surface area is 125 Å².